The van der Waals surface area contributed by atoms with Gasteiger partial charge in [0.05, 0.1) is 6.54 Å². The quantitative estimate of drug-likeness (QED) is 0.518. The maximum absolute atomic E-state index is 12.2. The Morgan fingerprint density at radius 3 is 1.62 bits per heavy atom. The first-order chi connectivity index (χ1) is 12.6. The fourth-order valence-electron chi connectivity index (χ4n) is 2.08. The summed E-state index contributed by atoms with van der Waals surface area (Å²) in [7, 11) is 0. The molecule has 2 N–H and O–H groups in total. The Morgan fingerprint density at radius 2 is 1.23 bits per heavy atom. The van der Waals surface area contributed by atoms with Crippen LogP contribution in [-0.4, -0.2) is 35.6 Å². The fraction of sp³-hybridized carbons (Fsp3) is 0.211. The van der Waals surface area contributed by atoms with E-state index in [1.165, 1.54) is 0 Å². The van der Waals surface area contributed by atoms with E-state index in [4.69, 9.17) is 14.6 Å². The van der Waals surface area contributed by atoms with E-state index in [0.29, 0.717) is 0 Å². The molecule has 0 bridgehead atoms. The molecule has 2 aromatic rings. The van der Waals surface area contributed by atoms with Crippen LogP contribution in [0.1, 0.15) is 11.1 Å². The third-order valence-corrected chi connectivity index (χ3v) is 3.38. The number of hydrogen-bond acceptors (Lipinski definition) is 6. The highest BCUT2D eigenvalue weighted by atomic mass is 16.6. The third kappa shape index (κ3) is 6.37. The predicted molar refractivity (Wildman–Crippen MR) is 91.9 cm³/mol. The highest BCUT2D eigenvalue weighted by Gasteiger charge is 2.30. The lowest BCUT2D eigenvalue weighted by Crippen LogP contribution is -2.47. The van der Waals surface area contributed by atoms with Gasteiger partial charge in [0.15, 0.2) is 0 Å². The standard InChI is InChI=1S/C19H19NO6/c21-16(22)11-20-17(18(23)25-12-14-7-3-1-4-8-14)19(24)26-13-15-9-5-2-6-10-15/h1-10,17,20H,11-13H2,(H,21,22). The number of ether oxygens (including phenoxy) is 2. The second-order valence-electron chi connectivity index (χ2n) is 5.39. The lowest BCUT2D eigenvalue weighted by molar-refractivity contribution is -0.160. The minimum absolute atomic E-state index is 0.0309. The van der Waals surface area contributed by atoms with E-state index >= 15 is 0 Å². The van der Waals surface area contributed by atoms with Gasteiger partial charge < -0.3 is 14.6 Å². The number of benzene rings is 2. The van der Waals surface area contributed by atoms with E-state index in [2.05, 4.69) is 5.32 Å². The number of nitrogens with one attached hydrogen (secondary N) is 1. The van der Waals surface area contributed by atoms with E-state index in [9.17, 15) is 14.4 Å². The van der Waals surface area contributed by atoms with Crippen molar-refractivity contribution < 1.29 is 29.0 Å². The summed E-state index contributed by atoms with van der Waals surface area (Å²) in [5, 5.41) is 11.1. The molecule has 26 heavy (non-hydrogen) atoms. The summed E-state index contributed by atoms with van der Waals surface area (Å²) in [4.78, 5) is 35.1. The minimum Gasteiger partial charge on any atom is -0.480 e. The lowest BCUT2D eigenvalue weighted by atomic mass is 10.2. The first kappa shape index (κ1) is 19.1. The van der Waals surface area contributed by atoms with E-state index in [1.807, 2.05) is 12.1 Å². The molecule has 0 spiro atoms. The molecule has 0 atom stereocenters. The average Bonchev–Trinajstić information content (AvgIpc) is 2.66. The summed E-state index contributed by atoms with van der Waals surface area (Å²) in [6, 6.07) is 16.3. The predicted octanol–water partition coefficient (Wildman–Crippen LogP) is 1.52. The first-order valence-electron chi connectivity index (χ1n) is 7.92. The Hall–Kier alpha value is -3.19. The maximum Gasteiger partial charge on any atom is 0.335 e. The van der Waals surface area contributed by atoms with Gasteiger partial charge in [0, 0.05) is 0 Å². The molecule has 0 heterocycles. The van der Waals surface area contributed by atoms with E-state index in [0.717, 1.165) is 11.1 Å². The topological polar surface area (TPSA) is 102 Å². The van der Waals surface area contributed by atoms with Crippen molar-refractivity contribution in [3.63, 3.8) is 0 Å². The van der Waals surface area contributed by atoms with E-state index in [-0.39, 0.29) is 13.2 Å². The Kier molecular flexibility index (Phi) is 7.32. The molecule has 0 unspecified atom stereocenters. The summed E-state index contributed by atoms with van der Waals surface area (Å²) in [5.74, 6) is -3.00. The Bertz CT molecular complexity index is 677. The molecule has 0 amide bonds. The molecule has 0 saturated carbocycles. The van der Waals surface area contributed by atoms with Gasteiger partial charge >= 0.3 is 17.9 Å². The zero-order valence-corrected chi connectivity index (χ0v) is 14.0. The van der Waals surface area contributed by atoms with Crippen LogP contribution in [0.25, 0.3) is 0 Å². The number of rotatable bonds is 9. The van der Waals surface area contributed by atoms with Crippen molar-refractivity contribution >= 4 is 17.9 Å². The van der Waals surface area contributed by atoms with Gasteiger partial charge in [0.25, 0.3) is 0 Å². The fourth-order valence-corrected chi connectivity index (χ4v) is 2.08. The van der Waals surface area contributed by atoms with Gasteiger partial charge in [0.2, 0.25) is 6.04 Å². The first-order valence-corrected chi connectivity index (χ1v) is 7.92. The zero-order valence-electron chi connectivity index (χ0n) is 14.0. The highest BCUT2D eigenvalue weighted by Crippen LogP contribution is 2.05. The van der Waals surface area contributed by atoms with Gasteiger partial charge in [-0.1, -0.05) is 60.7 Å². The van der Waals surface area contributed by atoms with Crippen LogP contribution < -0.4 is 5.32 Å². The van der Waals surface area contributed by atoms with Crippen molar-refractivity contribution in [2.45, 2.75) is 19.3 Å². The molecule has 0 aliphatic rings. The molecule has 2 aromatic carbocycles. The molecule has 0 fully saturated rings. The monoisotopic (exact) mass is 357 g/mol. The summed E-state index contributed by atoms with van der Waals surface area (Å²) >= 11 is 0. The summed E-state index contributed by atoms with van der Waals surface area (Å²) in [6.07, 6.45) is 0. The molecule has 7 nitrogen and oxygen atoms in total. The van der Waals surface area contributed by atoms with Crippen molar-refractivity contribution in [1.82, 2.24) is 5.32 Å². The molecule has 2 rings (SSSR count). The summed E-state index contributed by atoms with van der Waals surface area (Å²) in [5.41, 5.74) is 1.49. The second kappa shape index (κ2) is 9.95. The number of esters is 2. The molecule has 0 radical (unpaired) electrons. The summed E-state index contributed by atoms with van der Waals surface area (Å²) in [6.45, 7) is -0.640. The van der Waals surface area contributed by atoms with Crippen molar-refractivity contribution in [2.75, 3.05) is 6.54 Å². The van der Waals surface area contributed by atoms with Crippen LogP contribution in [0, 0.1) is 0 Å². The van der Waals surface area contributed by atoms with Crippen molar-refractivity contribution in [2.24, 2.45) is 0 Å². The Morgan fingerprint density at radius 1 is 0.808 bits per heavy atom. The normalized spacial score (nSPS) is 10.3. The van der Waals surface area contributed by atoms with Gasteiger partial charge in [-0.25, -0.2) is 9.59 Å². The smallest absolute Gasteiger partial charge is 0.335 e. The Labute approximate surface area is 150 Å². The largest absolute Gasteiger partial charge is 0.480 e. The van der Waals surface area contributed by atoms with Gasteiger partial charge in [-0.3, -0.25) is 10.1 Å². The SMILES string of the molecule is O=C(O)CNC(C(=O)OCc1ccccc1)C(=O)OCc1ccccc1. The number of aliphatic carboxylic acids is 1. The van der Waals surface area contributed by atoms with Gasteiger partial charge in [-0.2, -0.15) is 0 Å². The molecule has 136 valence electrons. The molecular formula is C19H19NO6. The zero-order chi connectivity index (χ0) is 18.8. The van der Waals surface area contributed by atoms with Crippen molar-refractivity contribution in [1.29, 1.82) is 0 Å². The highest BCUT2D eigenvalue weighted by molar-refractivity contribution is 5.99. The molecule has 0 saturated heterocycles. The molecule has 0 aromatic heterocycles. The minimum atomic E-state index is -1.52. The number of carbonyl (C=O) groups is 3. The molecule has 0 aliphatic heterocycles. The van der Waals surface area contributed by atoms with E-state index in [1.54, 1.807) is 48.5 Å². The third-order valence-electron chi connectivity index (χ3n) is 3.38. The van der Waals surface area contributed by atoms with Crippen LogP contribution >= 0.6 is 0 Å². The van der Waals surface area contributed by atoms with Crippen LogP contribution in [0.2, 0.25) is 0 Å². The average molecular weight is 357 g/mol. The van der Waals surface area contributed by atoms with Crippen molar-refractivity contribution in [3.05, 3.63) is 71.8 Å². The lowest BCUT2D eigenvalue weighted by Gasteiger charge is -2.16. The Balaban J connectivity index is 1.95. The van der Waals surface area contributed by atoms with Crippen LogP contribution in [0.4, 0.5) is 0 Å². The number of carbonyl (C=O) groups excluding carboxylic acids is 2. The van der Waals surface area contributed by atoms with E-state index < -0.39 is 30.5 Å². The maximum atomic E-state index is 12.2. The number of carboxylic acids is 1. The van der Waals surface area contributed by atoms with Gasteiger partial charge in [0.1, 0.15) is 13.2 Å². The van der Waals surface area contributed by atoms with Gasteiger partial charge in [-0.05, 0) is 11.1 Å². The van der Waals surface area contributed by atoms with Crippen LogP contribution in [0.15, 0.2) is 60.7 Å². The molecule has 7 heteroatoms. The van der Waals surface area contributed by atoms with Crippen LogP contribution in [-0.2, 0) is 37.1 Å². The van der Waals surface area contributed by atoms with Crippen LogP contribution in [0.5, 0.6) is 0 Å². The summed E-state index contributed by atoms with van der Waals surface area (Å²) < 4.78 is 10.2. The number of carboxylic acid groups (broad SMARTS) is 1. The van der Waals surface area contributed by atoms with Gasteiger partial charge in [-0.15, -0.1) is 0 Å². The second-order valence-corrected chi connectivity index (χ2v) is 5.39. The molecule has 0 aliphatic carbocycles. The van der Waals surface area contributed by atoms with Crippen molar-refractivity contribution in [3.8, 4) is 0 Å². The molecular weight excluding hydrogens is 338 g/mol. The number of hydrogen-bond donors (Lipinski definition) is 2. The van der Waals surface area contributed by atoms with Crippen LogP contribution in [0.3, 0.4) is 0 Å².